The molecule has 0 atom stereocenters. The third-order valence-electron chi connectivity index (χ3n) is 3.27. The second-order valence-corrected chi connectivity index (χ2v) is 6.59. The Bertz CT molecular complexity index is 362. The zero-order valence-corrected chi connectivity index (χ0v) is 11.1. The van der Waals surface area contributed by atoms with Crippen molar-refractivity contribution in [1.29, 1.82) is 0 Å². The Morgan fingerprint density at radius 2 is 1.83 bits per heavy atom. The van der Waals surface area contributed by atoms with Gasteiger partial charge in [-0.25, -0.2) is 13.1 Å². The average Bonchev–Trinajstić information content (AvgIpc) is 2.26. The minimum Gasteiger partial charge on any atom is -0.317 e. The first-order valence-electron chi connectivity index (χ1n) is 5.97. The maximum atomic E-state index is 13.1. The molecule has 0 radical (unpaired) electrons. The normalized spacial score (nSPS) is 20.9. The Morgan fingerprint density at radius 1 is 1.28 bits per heavy atom. The van der Waals surface area contributed by atoms with Gasteiger partial charge in [-0.1, -0.05) is 6.92 Å². The summed E-state index contributed by atoms with van der Waals surface area (Å²) in [5, 5.41) is 2.86. The highest BCUT2D eigenvalue weighted by Crippen LogP contribution is 2.44. The molecule has 1 saturated heterocycles. The van der Waals surface area contributed by atoms with E-state index in [-0.39, 0.29) is 31.7 Å². The molecule has 1 aliphatic heterocycles. The highest BCUT2D eigenvalue weighted by molar-refractivity contribution is 7.89. The number of halogens is 3. The van der Waals surface area contributed by atoms with Crippen LogP contribution in [-0.4, -0.2) is 40.0 Å². The van der Waals surface area contributed by atoms with Crippen LogP contribution >= 0.6 is 0 Å². The molecule has 8 heteroatoms. The van der Waals surface area contributed by atoms with Crippen molar-refractivity contribution >= 4 is 10.0 Å². The number of sulfonamides is 1. The molecule has 108 valence electrons. The van der Waals surface area contributed by atoms with Crippen LogP contribution in [0.15, 0.2) is 0 Å². The fourth-order valence-corrected chi connectivity index (χ4v) is 3.23. The predicted octanol–water partition coefficient (Wildman–Crippen LogP) is 1.25. The summed E-state index contributed by atoms with van der Waals surface area (Å²) in [7, 11) is -3.60. The van der Waals surface area contributed by atoms with Gasteiger partial charge in [0.1, 0.15) is 0 Å². The van der Waals surface area contributed by atoms with Crippen molar-refractivity contribution in [1.82, 2.24) is 10.0 Å². The van der Waals surface area contributed by atoms with Gasteiger partial charge in [0, 0.05) is 6.54 Å². The molecule has 0 bridgehead atoms. The number of nitrogens with one attached hydrogen (secondary N) is 2. The van der Waals surface area contributed by atoms with Crippen LogP contribution in [0, 0.1) is 5.41 Å². The minimum absolute atomic E-state index is 0.0921. The Kier molecular flexibility index (Phi) is 5.02. The van der Waals surface area contributed by atoms with Gasteiger partial charge < -0.3 is 5.32 Å². The lowest BCUT2D eigenvalue weighted by Crippen LogP contribution is -2.53. The topological polar surface area (TPSA) is 58.2 Å². The number of hydrogen-bond acceptors (Lipinski definition) is 3. The summed E-state index contributed by atoms with van der Waals surface area (Å²) in [6.07, 6.45) is -4.18. The third-order valence-corrected chi connectivity index (χ3v) is 4.80. The first-order chi connectivity index (χ1) is 8.22. The van der Waals surface area contributed by atoms with Crippen LogP contribution in [0.25, 0.3) is 0 Å². The van der Waals surface area contributed by atoms with Crippen molar-refractivity contribution in [3.63, 3.8) is 0 Å². The van der Waals surface area contributed by atoms with Crippen molar-refractivity contribution in [3.05, 3.63) is 0 Å². The van der Waals surface area contributed by atoms with Crippen molar-refractivity contribution in [2.24, 2.45) is 5.41 Å². The summed E-state index contributed by atoms with van der Waals surface area (Å²) in [5.74, 6) is -0.140. The quantitative estimate of drug-likeness (QED) is 0.800. The average molecular weight is 288 g/mol. The SMILES string of the molecule is CCCS(=O)(=O)NCC1(C(F)(F)F)CCNCC1. The van der Waals surface area contributed by atoms with Gasteiger partial charge in [-0.05, 0) is 32.4 Å². The second kappa shape index (κ2) is 5.75. The van der Waals surface area contributed by atoms with Gasteiger partial charge in [-0.15, -0.1) is 0 Å². The van der Waals surface area contributed by atoms with E-state index in [2.05, 4.69) is 10.0 Å². The molecular weight excluding hydrogens is 269 g/mol. The van der Waals surface area contributed by atoms with Gasteiger partial charge in [0.25, 0.3) is 0 Å². The molecule has 0 aliphatic carbocycles. The Morgan fingerprint density at radius 3 is 2.28 bits per heavy atom. The summed E-state index contributed by atoms with van der Waals surface area (Å²) >= 11 is 0. The van der Waals surface area contributed by atoms with Crippen LogP contribution in [0.3, 0.4) is 0 Å². The number of piperidine rings is 1. The van der Waals surface area contributed by atoms with Gasteiger partial charge in [0.05, 0.1) is 11.2 Å². The number of hydrogen-bond donors (Lipinski definition) is 2. The van der Waals surface area contributed by atoms with Crippen LogP contribution in [-0.2, 0) is 10.0 Å². The maximum Gasteiger partial charge on any atom is 0.395 e. The predicted molar refractivity (Wildman–Crippen MR) is 62.7 cm³/mol. The van der Waals surface area contributed by atoms with Gasteiger partial charge in [0.2, 0.25) is 10.0 Å². The van der Waals surface area contributed by atoms with Crippen molar-refractivity contribution < 1.29 is 21.6 Å². The van der Waals surface area contributed by atoms with E-state index in [1.807, 2.05) is 0 Å². The monoisotopic (exact) mass is 288 g/mol. The van der Waals surface area contributed by atoms with Crippen LogP contribution in [0.5, 0.6) is 0 Å². The summed E-state index contributed by atoms with van der Waals surface area (Å²) in [6, 6.07) is 0. The van der Waals surface area contributed by atoms with E-state index in [4.69, 9.17) is 0 Å². The Balaban J connectivity index is 2.75. The molecule has 2 N–H and O–H groups in total. The van der Waals surface area contributed by atoms with E-state index in [1.54, 1.807) is 6.92 Å². The zero-order chi connectivity index (χ0) is 13.9. The molecule has 0 aromatic heterocycles. The molecule has 4 nitrogen and oxygen atoms in total. The summed E-state index contributed by atoms with van der Waals surface area (Å²) in [5.41, 5.74) is -1.93. The largest absolute Gasteiger partial charge is 0.395 e. The van der Waals surface area contributed by atoms with Crippen LogP contribution in [0.4, 0.5) is 13.2 Å². The summed E-state index contributed by atoms with van der Waals surface area (Å²) in [6.45, 7) is 1.63. The molecule has 0 saturated carbocycles. The zero-order valence-electron chi connectivity index (χ0n) is 10.3. The number of alkyl halides is 3. The van der Waals surface area contributed by atoms with Crippen molar-refractivity contribution in [3.8, 4) is 0 Å². The van der Waals surface area contributed by atoms with Crippen molar-refractivity contribution in [2.75, 3.05) is 25.4 Å². The highest BCUT2D eigenvalue weighted by Gasteiger charge is 2.54. The molecule has 0 aromatic carbocycles. The Hall–Kier alpha value is -0.340. The lowest BCUT2D eigenvalue weighted by molar-refractivity contribution is -0.229. The molecule has 1 aliphatic rings. The molecule has 1 heterocycles. The highest BCUT2D eigenvalue weighted by atomic mass is 32.2. The molecule has 0 spiro atoms. The standard InChI is InChI=1S/C10H19F3N2O2S/c1-2-7-18(16,17)15-8-9(10(11,12)13)3-5-14-6-4-9/h14-15H,2-8H2,1H3. The molecule has 1 rings (SSSR count). The first-order valence-corrected chi connectivity index (χ1v) is 7.62. The maximum absolute atomic E-state index is 13.1. The molecular formula is C10H19F3N2O2S. The van der Waals surface area contributed by atoms with Gasteiger partial charge in [0.15, 0.2) is 0 Å². The molecule has 0 aromatic rings. The van der Waals surface area contributed by atoms with Gasteiger partial charge in [-0.2, -0.15) is 13.2 Å². The van der Waals surface area contributed by atoms with Crippen LogP contribution in [0.1, 0.15) is 26.2 Å². The lowest BCUT2D eigenvalue weighted by atomic mass is 9.78. The molecule has 18 heavy (non-hydrogen) atoms. The fourth-order valence-electron chi connectivity index (χ4n) is 2.05. The summed E-state index contributed by atoms with van der Waals surface area (Å²) in [4.78, 5) is 0. The van der Waals surface area contributed by atoms with Crippen LogP contribution < -0.4 is 10.0 Å². The first kappa shape index (κ1) is 15.7. The van der Waals surface area contributed by atoms with E-state index in [0.717, 1.165) is 0 Å². The second-order valence-electron chi connectivity index (χ2n) is 4.67. The van der Waals surface area contributed by atoms with Gasteiger partial charge in [-0.3, -0.25) is 0 Å². The molecule has 0 unspecified atom stereocenters. The van der Waals surface area contributed by atoms with E-state index in [1.165, 1.54) is 0 Å². The summed E-state index contributed by atoms with van der Waals surface area (Å²) < 4.78 is 64.3. The molecule has 0 amide bonds. The fraction of sp³-hybridized carbons (Fsp3) is 1.00. The minimum atomic E-state index is -4.39. The van der Waals surface area contributed by atoms with E-state index in [0.29, 0.717) is 6.42 Å². The van der Waals surface area contributed by atoms with Gasteiger partial charge >= 0.3 is 6.18 Å². The Labute approximate surface area is 105 Å². The van der Waals surface area contributed by atoms with Crippen molar-refractivity contribution in [2.45, 2.75) is 32.4 Å². The van der Waals surface area contributed by atoms with Crippen LogP contribution in [0.2, 0.25) is 0 Å². The number of rotatable bonds is 5. The van der Waals surface area contributed by atoms with E-state index in [9.17, 15) is 21.6 Å². The lowest BCUT2D eigenvalue weighted by Gasteiger charge is -2.39. The molecule has 1 fully saturated rings. The third kappa shape index (κ3) is 3.83. The van der Waals surface area contributed by atoms with E-state index < -0.39 is 28.2 Å². The smallest absolute Gasteiger partial charge is 0.317 e. The van der Waals surface area contributed by atoms with E-state index >= 15 is 0 Å².